The Balaban J connectivity index is 1.66. The van der Waals surface area contributed by atoms with Gasteiger partial charge in [0.1, 0.15) is 4.99 Å². The molecule has 2 aromatic carbocycles. The van der Waals surface area contributed by atoms with Crippen LogP contribution in [-0.2, 0) is 6.54 Å². The largest absolute Gasteiger partial charge is 0.490 e. The first-order valence-corrected chi connectivity index (χ1v) is 11.0. The Labute approximate surface area is 181 Å². The SMILES string of the molecule is CCOc1cc(Br)c(C(=S)N2CCN(Cc3ccccc3)CC2)cc1OCC. The molecule has 1 heterocycles. The van der Waals surface area contributed by atoms with E-state index in [-0.39, 0.29) is 0 Å². The number of piperazine rings is 1. The van der Waals surface area contributed by atoms with Crippen LogP contribution in [0.2, 0.25) is 0 Å². The van der Waals surface area contributed by atoms with Crippen molar-refractivity contribution in [3.8, 4) is 11.5 Å². The average Bonchev–Trinajstić information content (AvgIpc) is 2.71. The fourth-order valence-corrected chi connectivity index (χ4v) is 4.35. The van der Waals surface area contributed by atoms with Gasteiger partial charge >= 0.3 is 0 Å². The van der Waals surface area contributed by atoms with Crippen molar-refractivity contribution < 1.29 is 9.47 Å². The van der Waals surface area contributed by atoms with Crippen LogP contribution < -0.4 is 9.47 Å². The molecule has 6 heteroatoms. The topological polar surface area (TPSA) is 24.9 Å². The van der Waals surface area contributed by atoms with Gasteiger partial charge < -0.3 is 14.4 Å². The van der Waals surface area contributed by atoms with Crippen LogP contribution in [0.1, 0.15) is 25.0 Å². The maximum Gasteiger partial charge on any atom is 0.162 e. The van der Waals surface area contributed by atoms with Gasteiger partial charge in [-0.05, 0) is 47.5 Å². The van der Waals surface area contributed by atoms with Gasteiger partial charge in [0.2, 0.25) is 0 Å². The molecule has 0 unspecified atom stereocenters. The fraction of sp³-hybridized carbons (Fsp3) is 0.409. The fourth-order valence-electron chi connectivity index (χ4n) is 3.36. The minimum Gasteiger partial charge on any atom is -0.490 e. The summed E-state index contributed by atoms with van der Waals surface area (Å²) < 4.78 is 12.4. The minimum atomic E-state index is 0.589. The maximum atomic E-state index is 5.83. The van der Waals surface area contributed by atoms with E-state index in [1.54, 1.807) is 0 Å². The minimum absolute atomic E-state index is 0.589. The van der Waals surface area contributed by atoms with Crippen molar-refractivity contribution in [2.24, 2.45) is 0 Å². The van der Waals surface area contributed by atoms with Crippen molar-refractivity contribution in [3.05, 3.63) is 58.1 Å². The Hall–Kier alpha value is -1.63. The molecular formula is C22H27BrN2O2S. The molecule has 2 aromatic rings. The highest BCUT2D eigenvalue weighted by Crippen LogP contribution is 2.35. The van der Waals surface area contributed by atoms with Gasteiger partial charge in [-0.15, -0.1) is 0 Å². The maximum absolute atomic E-state index is 5.83. The van der Waals surface area contributed by atoms with E-state index in [9.17, 15) is 0 Å². The molecular weight excluding hydrogens is 436 g/mol. The molecule has 28 heavy (non-hydrogen) atoms. The molecule has 0 radical (unpaired) electrons. The van der Waals surface area contributed by atoms with E-state index < -0.39 is 0 Å². The highest BCUT2D eigenvalue weighted by molar-refractivity contribution is 9.10. The second-order valence-electron chi connectivity index (χ2n) is 6.70. The second kappa shape index (κ2) is 10.2. The second-order valence-corrected chi connectivity index (χ2v) is 7.94. The molecule has 0 aromatic heterocycles. The van der Waals surface area contributed by atoms with Gasteiger partial charge in [-0.25, -0.2) is 0 Å². The first-order valence-electron chi connectivity index (χ1n) is 9.77. The number of rotatable bonds is 7. The van der Waals surface area contributed by atoms with Crippen LogP contribution in [-0.4, -0.2) is 54.2 Å². The Morgan fingerprint density at radius 3 is 2.18 bits per heavy atom. The molecule has 4 nitrogen and oxygen atoms in total. The lowest BCUT2D eigenvalue weighted by atomic mass is 10.1. The number of ether oxygens (including phenoxy) is 2. The molecule has 0 amide bonds. The molecule has 0 N–H and O–H groups in total. The molecule has 0 aliphatic carbocycles. The summed E-state index contributed by atoms with van der Waals surface area (Å²) in [6.45, 7) is 9.97. The average molecular weight is 463 g/mol. The summed E-state index contributed by atoms with van der Waals surface area (Å²) in [4.78, 5) is 5.62. The smallest absolute Gasteiger partial charge is 0.162 e. The van der Waals surface area contributed by atoms with Crippen LogP contribution in [0.25, 0.3) is 0 Å². The van der Waals surface area contributed by atoms with Crippen LogP contribution in [0.4, 0.5) is 0 Å². The van der Waals surface area contributed by atoms with Crippen molar-refractivity contribution in [2.75, 3.05) is 39.4 Å². The van der Waals surface area contributed by atoms with Crippen molar-refractivity contribution in [2.45, 2.75) is 20.4 Å². The van der Waals surface area contributed by atoms with Crippen LogP contribution in [0.5, 0.6) is 11.5 Å². The number of nitrogens with zero attached hydrogens (tertiary/aromatic N) is 2. The quantitative estimate of drug-likeness (QED) is 0.553. The Morgan fingerprint density at radius 1 is 0.964 bits per heavy atom. The molecule has 0 bridgehead atoms. The highest BCUT2D eigenvalue weighted by atomic mass is 79.9. The van der Waals surface area contributed by atoms with Gasteiger partial charge in [-0.1, -0.05) is 42.5 Å². The van der Waals surface area contributed by atoms with Crippen molar-refractivity contribution >= 4 is 33.1 Å². The van der Waals surface area contributed by atoms with Crippen molar-refractivity contribution in [1.29, 1.82) is 0 Å². The van der Waals surface area contributed by atoms with E-state index in [0.29, 0.717) is 13.2 Å². The molecule has 150 valence electrons. The first kappa shape index (κ1) is 21.1. The van der Waals surface area contributed by atoms with Gasteiger partial charge in [0.25, 0.3) is 0 Å². The zero-order valence-electron chi connectivity index (χ0n) is 16.5. The molecule has 0 atom stereocenters. The molecule has 1 aliphatic heterocycles. The summed E-state index contributed by atoms with van der Waals surface area (Å²) in [5.74, 6) is 1.49. The Bertz CT molecular complexity index is 793. The highest BCUT2D eigenvalue weighted by Gasteiger charge is 2.22. The number of halogens is 1. The van der Waals surface area contributed by atoms with E-state index in [1.807, 2.05) is 26.0 Å². The predicted molar refractivity (Wildman–Crippen MR) is 121 cm³/mol. The summed E-state index contributed by atoms with van der Waals surface area (Å²) in [6.07, 6.45) is 0. The summed E-state index contributed by atoms with van der Waals surface area (Å²) in [5, 5.41) is 0. The van der Waals surface area contributed by atoms with E-state index in [0.717, 1.165) is 59.2 Å². The van der Waals surface area contributed by atoms with E-state index in [4.69, 9.17) is 21.7 Å². The lowest BCUT2D eigenvalue weighted by molar-refractivity contribution is 0.177. The number of hydrogen-bond acceptors (Lipinski definition) is 4. The van der Waals surface area contributed by atoms with Crippen molar-refractivity contribution in [1.82, 2.24) is 9.80 Å². The lowest BCUT2D eigenvalue weighted by Gasteiger charge is -2.36. The number of hydrogen-bond donors (Lipinski definition) is 0. The predicted octanol–water partition coefficient (Wildman–Crippen LogP) is 4.74. The standard InChI is InChI=1S/C22H27BrN2O2S/c1-3-26-20-14-18(19(23)15-21(20)27-4-2)22(28)25-12-10-24(11-13-25)16-17-8-6-5-7-9-17/h5-9,14-15H,3-4,10-13,16H2,1-2H3. The molecule has 0 spiro atoms. The molecule has 1 fully saturated rings. The van der Waals surface area contributed by atoms with Gasteiger partial charge in [-0.3, -0.25) is 4.90 Å². The van der Waals surface area contributed by atoms with Gasteiger partial charge in [-0.2, -0.15) is 0 Å². The van der Waals surface area contributed by atoms with Gasteiger partial charge in [0.15, 0.2) is 11.5 Å². The third-order valence-electron chi connectivity index (χ3n) is 4.77. The zero-order valence-corrected chi connectivity index (χ0v) is 18.9. The van der Waals surface area contributed by atoms with E-state index in [1.165, 1.54) is 5.56 Å². The van der Waals surface area contributed by atoms with Crippen LogP contribution in [0.15, 0.2) is 46.9 Å². The number of thiocarbonyl (C=S) groups is 1. The monoisotopic (exact) mass is 462 g/mol. The molecule has 0 saturated carbocycles. The first-order chi connectivity index (χ1) is 13.6. The zero-order chi connectivity index (χ0) is 19.9. The van der Waals surface area contributed by atoms with Gasteiger partial charge in [0, 0.05) is 42.8 Å². The normalized spacial score (nSPS) is 14.8. The van der Waals surface area contributed by atoms with Crippen LogP contribution in [0.3, 0.4) is 0 Å². The summed E-state index contributed by atoms with van der Waals surface area (Å²) in [7, 11) is 0. The molecule has 1 aliphatic rings. The van der Waals surface area contributed by atoms with Crippen LogP contribution >= 0.6 is 28.1 Å². The Kier molecular flexibility index (Phi) is 7.71. The summed E-state index contributed by atoms with van der Waals surface area (Å²) >= 11 is 9.49. The summed E-state index contributed by atoms with van der Waals surface area (Å²) in [5.41, 5.74) is 2.34. The van der Waals surface area contributed by atoms with Crippen LogP contribution in [0, 0.1) is 0 Å². The van der Waals surface area contributed by atoms with E-state index >= 15 is 0 Å². The molecule has 3 rings (SSSR count). The van der Waals surface area contributed by atoms with Crippen molar-refractivity contribution in [3.63, 3.8) is 0 Å². The third-order valence-corrected chi connectivity index (χ3v) is 5.91. The Morgan fingerprint density at radius 2 is 1.57 bits per heavy atom. The number of benzene rings is 2. The lowest BCUT2D eigenvalue weighted by Crippen LogP contribution is -2.48. The molecule has 1 saturated heterocycles. The van der Waals surface area contributed by atoms with Gasteiger partial charge in [0.05, 0.1) is 13.2 Å². The van der Waals surface area contributed by atoms with E-state index in [2.05, 4.69) is 56.1 Å². The summed E-state index contributed by atoms with van der Waals surface area (Å²) in [6, 6.07) is 14.6. The third kappa shape index (κ3) is 5.25.